The minimum Gasteiger partial charge on any atom is -0.351 e. The van der Waals surface area contributed by atoms with Crippen molar-refractivity contribution in [2.45, 2.75) is 31.3 Å². The Morgan fingerprint density at radius 1 is 1.40 bits per heavy atom. The zero-order valence-corrected chi connectivity index (χ0v) is 10.2. The van der Waals surface area contributed by atoms with E-state index in [0.29, 0.717) is 5.75 Å². The van der Waals surface area contributed by atoms with Crippen LogP contribution in [0, 0.1) is 0 Å². The number of halogens is 1. The highest BCUT2D eigenvalue weighted by Crippen LogP contribution is 2.10. The fourth-order valence-corrected chi connectivity index (χ4v) is 3.40. The van der Waals surface area contributed by atoms with Crippen molar-refractivity contribution >= 4 is 29.1 Å². The summed E-state index contributed by atoms with van der Waals surface area (Å²) >= 11 is 0. The van der Waals surface area contributed by atoms with Gasteiger partial charge in [0.05, 0.1) is 6.04 Å². The molecule has 88 valence electrons. The molecule has 1 amide bonds. The smallest absolute Gasteiger partial charge is 0.237 e. The summed E-state index contributed by atoms with van der Waals surface area (Å²) in [6.45, 7) is 0.939. The molecule has 0 spiro atoms. The van der Waals surface area contributed by atoms with Crippen molar-refractivity contribution in [3.63, 3.8) is 0 Å². The fourth-order valence-electron chi connectivity index (χ4n) is 1.99. The van der Waals surface area contributed by atoms with E-state index in [9.17, 15) is 9.00 Å². The van der Waals surface area contributed by atoms with Crippen LogP contribution in [-0.4, -0.2) is 40.3 Å². The standard InChI is InChI=1S/C9H16N2O2S.ClH/c12-9(8-2-1-4-10-8)11-7-3-5-14(13)6-7;/h7-8,10H,1-6H2,(H,11,12);1H. The van der Waals surface area contributed by atoms with Crippen molar-refractivity contribution in [3.05, 3.63) is 0 Å². The Labute approximate surface area is 98.4 Å². The molecule has 2 aliphatic heterocycles. The monoisotopic (exact) mass is 252 g/mol. The van der Waals surface area contributed by atoms with E-state index < -0.39 is 10.8 Å². The number of carbonyl (C=O) groups excluding carboxylic acids is 1. The van der Waals surface area contributed by atoms with Crippen LogP contribution in [0.1, 0.15) is 19.3 Å². The van der Waals surface area contributed by atoms with Crippen molar-refractivity contribution < 1.29 is 9.00 Å². The first-order chi connectivity index (χ1) is 6.75. The Morgan fingerprint density at radius 2 is 2.20 bits per heavy atom. The Hall–Kier alpha value is -0.130. The van der Waals surface area contributed by atoms with Crippen LogP contribution in [0.15, 0.2) is 0 Å². The van der Waals surface area contributed by atoms with Gasteiger partial charge in [0.15, 0.2) is 0 Å². The maximum absolute atomic E-state index is 11.6. The first-order valence-electron chi connectivity index (χ1n) is 5.14. The zero-order chi connectivity index (χ0) is 9.97. The molecule has 0 radical (unpaired) electrons. The molecule has 0 aromatic carbocycles. The molecule has 2 saturated heterocycles. The van der Waals surface area contributed by atoms with Gasteiger partial charge < -0.3 is 10.6 Å². The van der Waals surface area contributed by atoms with Crippen molar-refractivity contribution in [2.24, 2.45) is 0 Å². The van der Waals surface area contributed by atoms with Crippen LogP contribution < -0.4 is 10.6 Å². The maximum Gasteiger partial charge on any atom is 0.237 e. The van der Waals surface area contributed by atoms with Crippen LogP contribution in [0.25, 0.3) is 0 Å². The number of hydrogen-bond donors (Lipinski definition) is 2. The zero-order valence-electron chi connectivity index (χ0n) is 8.53. The van der Waals surface area contributed by atoms with Crippen molar-refractivity contribution in [2.75, 3.05) is 18.1 Å². The summed E-state index contributed by atoms with van der Waals surface area (Å²) in [5.74, 6) is 1.47. The Kier molecular flexibility index (Phi) is 5.02. The maximum atomic E-state index is 11.6. The Morgan fingerprint density at radius 3 is 2.73 bits per heavy atom. The molecule has 3 atom stereocenters. The highest BCUT2D eigenvalue weighted by molar-refractivity contribution is 7.85. The fraction of sp³-hybridized carbons (Fsp3) is 0.889. The van der Waals surface area contributed by atoms with Gasteiger partial charge in [0.25, 0.3) is 0 Å². The lowest BCUT2D eigenvalue weighted by Gasteiger charge is -2.15. The van der Waals surface area contributed by atoms with Crippen molar-refractivity contribution in [3.8, 4) is 0 Å². The largest absolute Gasteiger partial charge is 0.351 e. The van der Waals surface area contributed by atoms with E-state index >= 15 is 0 Å². The van der Waals surface area contributed by atoms with E-state index in [0.717, 1.165) is 31.6 Å². The second-order valence-electron chi connectivity index (χ2n) is 3.95. The van der Waals surface area contributed by atoms with Crippen LogP contribution in [0.5, 0.6) is 0 Å². The molecule has 2 N–H and O–H groups in total. The van der Waals surface area contributed by atoms with Crippen LogP contribution in [-0.2, 0) is 15.6 Å². The summed E-state index contributed by atoms with van der Waals surface area (Å²) in [6, 6.07) is 0.134. The highest BCUT2D eigenvalue weighted by atomic mass is 35.5. The molecule has 0 bridgehead atoms. The van der Waals surface area contributed by atoms with Crippen LogP contribution in [0.2, 0.25) is 0 Å². The Balaban J connectivity index is 0.00000112. The van der Waals surface area contributed by atoms with Gasteiger partial charge >= 0.3 is 0 Å². The summed E-state index contributed by atoms with van der Waals surface area (Å²) in [4.78, 5) is 11.6. The molecular weight excluding hydrogens is 236 g/mol. The molecule has 2 fully saturated rings. The van der Waals surface area contributed by atoms with Gasteiger partial charge in [-0.25, -0.2) is 0 Å². The molecular formula is C9H17ClN2O2S. The predicted molar refractivity (Wildman–Crippen MR) is 62.7 cm³/mol. The normalized spacial score (nSPS) is 34.8. The summed E-state index contributed by atoms with van der Waals surface area (Å²) in [5.41, 5.74) is 0. The average Bonchev–Trinajstić information content (AvgIpc) is 2.75. The van der Waals surface area contributed by atoms with E-state index in [2.05, 4.69) is 10.6 Å². The quantitative estimate of drug-likeness (QED) is 0.716. The van der Waals surface area contributed by atoms with Gasteiger partial charge in [0.1, 0.15) is 0 Å². The lowest BCUT2D eigenvalue weighted by Crippen LogP contribution is -2.45. The van der Waals surface area contributed by atoms with Gasteiger partial charge in [0, 0.05) is 28.3 Å². The Bertz CT molecular complexity index is 256. The predicted octanol–water partition coefficient (Wildman–Crippen LogP) is -0.203. The molecule has 6 heteroatoms. The minimum absolute atomic E-state index is 0. The molecule has 2 aliphatic rings. The SMILES string of the molecule is Cl.O=C(NC1CCS(=O)C1)C1CCCN1. The van der Waals surface area contributed by atoms with Crippen molar-refractivity contribution in [1.29, 1.82) is 0 Å². The third-order valence-electron chi connectivity index (χ3n) is 2.80. The second kappa shape index (κ2) is 5.82. The van der Waals surface area contributed by atoms with E-state index in [4.69, 9.17) is 0 Å². The molecule has 2 rings (SSSR count). The summed E-state index contributed by atoms with van der Waals surface area (Å²) in [7, 11) is -0.706. The molecule has 0 aromatic rings. The molecule has 3 unspecified atom stereocenters. The van der Waals surface area contributed by atoms with Crippen LogP contribution in [0.3, 0.4) is 0 Å². The van der Waals surface area contributed by atoms with Gasteiger partial charge in [-0.1, -0.05) is 0 Å². The van der Waals surface area contributed by atoms with Gasteiger partial charge in [-0.05, 0) is 25.8 Å². The van der Waals surface area contributed by atoms with Gasteiger partial charge in [0.2, 0.25) is 5.91 Å². The van der Waals surface area contributed by atoms with Gasteiger partial charge in [-0.3, -0.25) is 9.00 Å². The van der Waals surface area contributed by atoms with E-state index in [-0.39, 0.29) is 30.4 Å². The number of hydrogen-bond acceptors (Lipinski definition) is 3. The summed E-state index contributed by atoms with van der Waals surface area (Å²) in [6.07, 6.45) is 2.88. The first kappa shape index (κ1) is 12.9. The lowest BCUT2D eigenvalue weighted by molar-refractivity contribution is -0.123. The summed E-state index contributed by atoms with van der Waals surface area (Å²) in [5, 5.41) is 6.11. The molecule has 0 aromatic heterocycles. The number of nitrogens with one attached hydrogen (secondary N) is 2. The number of rotatable bonds is 2. The van der Waals surface area contributed by atoms with Gasteiger partial charge in [-0.2, -0.15) is 0 Å². The van der Waals surface area contributed by atoms with E-state index in [1.165, 1.54) is 0 Å². The lowest BCUT2D eigenvalue weighted by atomic mass is 10.2. The summed E-state index contributed by atoms with van der Waals surface area (Å²) < 4.78 is 11.1. The van der Waals surface area contributed by atoms with E-state index in [1.54, 1.807) is 0 Å². The van der Waals surface area contributed by atoms with Crippen LogP contribution in [0.4, 0.5) is 0 Å². The van der Waals surface area contributed by atoms with Gasteiger partial charge in [-0.15, -0.1) is 12.4 Å². The molecule has 0 aliphatic carbocycles. The molecule has 2 heterocycles. The van der Waals surface area contributed by atoms with Crippen molar-refractivity contribution in [1.82, 2.24) is 10.6 Å². The number of carbonyl (C=O) groups is 1. The third kappa shape index (κ3) is 3.43. The second-order valence-corrected chi connectivity index (χ2v) is 5.57. The van der Waals surface area contributed by atoms with E-state index in [1.807, 2.05) is 0 Å². The molecule has 4 nitrogen and oxygen atoms in total. The molecule has 0 saturated carbocycles. The topological polar surface area (TPSA) is 58.2 Å². The third-order valence-corrected chi connectivity index (χ3v) is 4.27. The minimum atomic E-state index is -0.706. The average molecular weight is 253 g/mol. The first-order valence-corrected chi connectivity index (χ1v) is 6.63. The molecule has 15 heavy (non-hydrogen) atoms. The highest BCUT2D eigenvalue weighted by Gasteiger charge is 2.27. The van der Waals surface area contributed by atoms with Crippen LogP contribution >= 0.6 is 12.4 Å². The number of amides is 1.